The van der Waals surface area contributed by atoms with Crippen LogP contribution in [-0.2, 0) is 6.54 Å². The van der Waals surface area contributed by atoms with Crippen molar-refractivity contribution < 1.29 is 13.2 Å². The summed E-state index contributed by atoms with van der Waals surface area (Å²) in [6.07, 6.45) is 8.56. The van der Waals surface area contributed by atoms with Crippen molar-refractivity contribution in [1.29, 1.82) is 0 Å². The Balaban J connectivity index is 1.41. The lowest BCUT2D eigenvalue weighted by atomic mass is 9.90. The van der Waals surface area contributed by atoms with Gasteiger partial charge in [-0.1, -0.05) is 6.07 Å². The van der Waals surface area contributed by atoms with Gasteiger partial charge in [0, 0.05) is 24.2 Å². The van der Waals surface area contributed by atoms with E-state index in [1.807, 2.05) is 42.8 Å². The minimum atomic E-state index is -1.46. The normalized spacial score (nSPS) is 15.8. The Morgan fingerprint density at radius 2 is 1.85 bits per heavy atom. The Morgan fingerprint density at radius 3 is 2.61 bits per heavy atom. The molecule has 6 nitrogen and oxygen atoms in total. The first-order valence-electron chi connectivity index (χ1n) is 10.7. The summed E-state index contributed by atoms with van der Waals surface area (Å²) in [4.78, 5) is 13.4. The molecule has 0 amide bonds. The number of hydrogen-bond donors (Lipinski definition) is 0. The van der Waals surface area contributed by atoms with Gasteiger partial charge in [-0.05, 0) is 57.0 Å². The lowest BCUT2D eigenvalue weighted by Crippen LogP contribution is -2.19. The Hall–Kier alpha value is -3.75. The van der Waals surface area contributed by atoms with Crippen molar-refractivity contribution in [3.05, 3.63) is 88.5 Å². The molecular formula is C24H21F3N6. The molecule has 1 aliphatic rings. The zero-order valence-electron chi connectivity index (χ0n) is 18.1. The largest absolute Gasteiger partial charge is 0.304 e. The van der Waals surface area contributed by atoms with Crippen LogP contribution < -0.4 is 0 Å². The van der Waals surface area contributed by atoms with E-state index >= 15 is 0 Å². The Kier molecular flexibility index (Phi) is 5.32. The van der Waals surface area contributed by atoms with Gasteiger partial charge in [0.15, 0.2) is 23.3 Å². The van der Waals surface area contributed by atoms with Gasteiger partial charge in [0.1, 0.15) is 5.82 Å². The summed E-state index contributed by atoms with van der Waals surface area (Å²) < 4.78 is 45.2. The monoisotopic (exact) mass is 450 g/mol. The molecule has 1 aromatic carbocycles. The molecule has 0 saturated heterocycles. The van der Waals surface area contributed by atoms with E-state index in [9.17, 15) is 13.2 Å². The standard InChI is InChI=1S/C24H21F3N6/c1-14-12-32(13-28-14)20-9-5-16(29-15(20)2)6-10-21-30-24-18(4-3-11-33(24)31-21)17-7-8-19(25)23(27)22(17)26/h5-10,12-13,18H,3-4,11H2,1-2H3/b10-6+/t18-/m0/s1. The summed E-state index contributed by atoms with van der Waals surface area (Å²) in [6.45, 7) is 4.49. The van der Waals surface area contributed by atoms with E-state index in [4.69, 9.17) is 0 Å². The molecule has 1 aliphatic heterocycles. The lowest BCUT2D eigenvalue weighted by Gasteiger charge is -2.22. The highest BCUT2D eigenvalue weighted by Crippen LogP contribution is 2.34. The van der Waals surface area contributed by atoms with Gasteiger partial charge in [-0.2, -0.15) is 5.10 Å². The molecule has 0 saturated carbocycles. The van der Waals surface area contributed by atoms with Crippen molar-refractivity contribution in [1.82, 2.24) is 29.3 Å². The second-order valence-corrected chi connectivity index (χ2v) is 8.11. The molecule has 0 spiro atoms. The molecule has 3 aromatic heterocycles. The highest BCUT2D eigenvalue weighted by atomic mass is 19.2. The van der Waals surface area contributed by atoms with Gasteiger partial charge in [0.25, 0.3) is 0 Å². The molecule has 1 atom stereocenters. The number of pyridine rings is 1. The molecule has 0 aliphatic carbocycles. The molecule has 168 valence electrons. The zero-order chi connectivity index (χ0) is 23.1. The van der Waals surface area contributed by atoms with E-state index in [1.54, 1.807) is 17.1 Å². The predicted octanol–water partition coefficient (Wildman–Crippen LogP) is 4.99. The van der Waals surface area contributed by atoms with Crippen molar-refractivity contribution in [2.45, 2.75) is 39.2 Å². The molecule has 0 unspecified atom stereocenters. The Morgan fingerprint density at radius 1 is 1.00 bits per heavy atom. The van der Waals surface area contributed by atoms with Crippen LogP contribution in [0.3, 0.4) is 0 Å². The second kappa shape index (κ2) is 8.31. The number of aryl methyl sites for hydroxylation is 3. The topological polar surface area (TPSA) is 61.4 Å². The van der Waals surface area contributed by atoms with Crippen molar-refractivity contribution in [2.24, 2.45) is 0 Å². The van der Waals surface area contributed by atoms with Crippen LogP contribution in [0.5, 0.6) is 0 Å². The van der Waals surface area contributed by atoms with Crippen LogP contribution in [0.15, 0.2) is 36.8 Å². The van der Waals surface area contributed by atoms with Gasteiger partial charge >= 0.3 is 0 Å². The van der Waals surface area contributed by atoms with E-state index < -0.39 is 23.4 Å². The quantitative estimate of drug-likeness (QED) is 0.411. The number of fused-ring (bicyclic) bond motifs is 1. The average Bonchev–Trinajstić information content (AvgIpc) is 3.42. The fourth-order valence-corrected chi connectivity index (χ4v) is 4.20. The van der Waals surface area contributed by atoms with E-state index in [-0.39, 0.29) is 5.56 Å². The predicted molar refractivity (Wildman–Crippen MR) is 117 cm³/mol. The SMILES string of the molecule is Cc1cn(-c2ccc(/C=C/c3nc4n(n3)CCC[C@H]4c3ccc(F)c(F)c3F)nc2C)cn1. The molecule has 4 heterocycles. The summed E-state index contributed by atoms with van der Waals surface area (Å²) in [6, 6.07) is 6.10. The maximum atomic E-state index is 14.4. The lowest BCUT2D eigenvalue weighted by molar-refractivity contribution is 0.411. The molecule has 4 aromatic rings. The first kappa shape index (κ1) is 21.1. The molecule has 0 bridgehead atoms. The molecule has 0 N–H and O–H groups in total. The molecule has 5 rings (SSSR count). The van der Waals surface area contributed by atoms with Crippen LogP contribution in [0.4, 0.5) is 13.2 Å². The number of benzene rings is 1. The number of rotatable bonds is 4. The van der Waals surface area contributed by atoms with Crippen LogP contribution in [0, 0.1) is 31.3 Å². The fourth-order valence-electron chi connectivity index (χ4n) is 4.20. The maximum absolute atomic E-state index is 14.4. The van der Waals surface area contributed by atoms with Crippen LogP contribution in [0.2, 0.25) is 0 Å². The van der Waals surface area contributed by atoms with Crippen LogP contribution in [0.1, 0.15) is 53.1 Å². The van der Waals surface area contributed by atoms with Crippen molar-refractivity contribution in [2.75, 3.05) is 0 Å². The van der Waals surface area contributed by atoms with Gasteiger partial charge < -0.3 is 4.57 Å². The third kappa shape index (κ3) is 3.94. The minimum absolute atomic E-state index is 0.0976. The molecule has 0 fully saturated rings. The van der Waals surface area contributed by atoms with Gasteiger partial charge in [0.2, 0.25) is 0 Å². The van der Waals surface area contributed by atoms with Gasteiger partial charge in [-0.25, -0.2) is 27.8 Å². The van der Waals surface area contributed by atoms with Crippen LogP contribution >= 0.6 is 0 Å². The maximum Gasteiger partial charge on any atom is 0.194 e. The smallest absolute Gasteiger partial charge is 0.194 e. The Labute approximate surface area is 188 Å². The Bertz CT molecular complexity index is 1370. The number of aromatic nitrogens is 6. The number of imidazole rings is 1. The third-order valence-corrected chi connectivity index (χ3v) is 5.80. The molecule has 0 radical (unpaired) electrons. The number of hydrogen-bond acceptors (Lipinski definition) is 4. The van der Waals surface area contributed by atoms with Gasteiger partial charge in [-0.15, -0.1) is 0 Å². The highest BCUT2D eigenvalue weighted by Gasteiger charge is 2.29. The summed E-state index contributed by atoms with van der Waals surface area (Å²) in [5.74, 6) is -3.31. The van der Waals surface area contributed by atoms with Gasteiger partial charge in [-0.3, -0.25) is 4.98 Å². The summed E-state index contributed by atoms with van der Waals surface area (Å²) >= 11 is 0. The van der Waals surface area contributed by atoms with E-state index in [0.29, 0.717) is 24.6 Å². The zero-order valence-corrected chi connectivity index (χ0v) is 18.1. The van der Waals surface area contributed by atoms with E-state index in [0.717, 1.165) is 35.3 Å². The summed E-state index contributed by atoms with van der Waals surface area (Å²) in [5.41, 5.74) is 3.56. The minimum Gasteiger partial charge on any atom is -0.304 e. The summed E-state index contributed by atoms with van der Waals surface area (Å²) in [5, 5.41) is 4.49. The third-order valence-electron chi connectivity index (χ3n) is 5.80. The van der Waals surface area contributed by atoms with Crippen LogP contribution in [0.25, 0.3) is 17.8 Å². The molecular weight excluding hydrogens is 429 g/mol. The molecule has 9 heteroatoms. The van der Waals surface area contributed by atoms with Crippen LogP contribution in [-0.4, -0.2) is 29.3 Å². The first-order valence-corrected chi connectivity index (χ1v) is 10.7. The highest BCUT2D eigenvalue weighted by molar-refractivity contribution is 5.65. The van der Waals surface area contributed by atoms with E-state index in [2.05, 4.69) is 20.1 Å². The van der Waals surface area contributed by atoms with Crippen molar-refractivity contribution >= 4 is 12.2 Å². The summed E-state index contributed by atoms with van der Waals surface area (Å²) in [7, 11) is 0. The fraction of sp³-hybridized carbons (Fsp3) is 0.250. The second-order valence-electron chi connectivity index (χ2n) is 8.11. The van der Waals surface area contributed by atoms with Crippen molar-refractivity contribution in [3.63, 3.8) is 0 Å². The van der Waals surface area contributed by atoms with Crippen molar-refractivity contribution in [3.8, 4) is 5.69 Å². The number of halogens is 3. The first-order chi connectivity index (χ1) is 15.9. The van der Waals surface area contributed by atoms with Gasteiger partial charge in [0.05, 0.1) is 29.1 Å². The molecule has 33 heavy (non-hydrogen) atoms. The van der Waals surface area contributed by atoms with E-state index in [1.165, 1.54) is 6.07 Å². The number of nitrogens with zero attached hydrogens (tertiary/aromatic N) is 6. The average molecular weight is 450 g/mol.